The molecule has 1 saturated heterocycles. The predicted octanol–water partition coefficient (Wildman–Crippen LogP) is 4.69. The lowest BCUT2D eigenvalue weighted by Crippen LogP contribution is -2.51. The maximum absolute atomic E-state index is 13.4. The third-order valence-electron chi connectivity index (χ3n) is 7.10. The van der Waals surface area contributed by atoms with Gasteiger partial charge in [0, 0.05) is 37.9 Å². The highest BCUT2D eigenvalue weighted by molar-refractivity contribution is 5.95. The standard InChI is InChI=1S/C28H38N2O4/c1-21-12-13-23(27(18-21)33-3)20-29-14-5-4-10-25-26(32-2)11-7-15-30(25)28(31)22-8-6-9-24(19-22)34-17-16-29/h6,8-9,12-13,18-19,25-26H,4-5,7,10-11,14-17,20H2,1-3H3/t25-,26-/m0/s1. The Morgan fingerprint density at radius 3 is 2.71 bits per heavy atom. The second kappa shape index (κ2) is 11.7. The third-order valence-corrected chi connectivity index (χ3v) is 7.10. The van der Waals surface area contributed by atoms with Crippen LogP contribution in [0.1, 0.15) is 53.6 Å². The maximum Gasteiger partial charge on any atom is 0.254 e. The SMILES string of the molecule is COc1cc(C)ccc1CN1CCCC[C@H]2[C@@H](OC)CCCN2C(=O)c2cccc(c2)OCC1. The molecule has 0 unspecified atom stereocenters. The van der Waals surface area contributed by atoms with Gasteiger partial charge in [-0.25, -0.2) is 0 Å². The van der Waals surface area contributed by atoms with Crippen LogP contribution in [0.3, 0.4) is 0 Å². The molecule has 2 aliphatic heterocycles. The molecule has 2 heterocycles. The first-order valence-corrected chi connectivity index (χ1v) is 12.5. The van der Waals surface area contributed by atoms with Gasteiger partial charge < -0.3 is 19.1 Å². The molecule has 1 amide bonds. The molecule has 2 bridgehead atoms. The van der Waals surface area contributed by atoms with Crippen LogP contribution in [0.2, 0.25) is 0 Å². The van der Waals surface area contributed by atoms with Crippen LogP contribution in [-0.2, 0) is 11.3 Å². The number of hydrogen-bond acceptors (Lipinski definition) is 5. The molecule has 2 atom stereocenters. The van der Waals surface area contributed by atoms with Crippen molar-refractivity contribution in [2.45, 2.75) is 57.7 Å². The fraction of sp³-hybridized carbons (Fsp3) is 0.536. The van der Waals surface area contributed by atoms with Crippen LogP contribution in [0, 0.1) is 6.92 Å². The number of carbonyl (C=O) groups is 1. The normalized spacial score (nSPS) is 22.4. The fourth-order valence-corrected chi connectivity index (χ4v) is 5.25. The number of amides is 1. The second-order valence-corrected chi connectivity index (χ2v) is 9.45. The number of methoxy groups -OCH3 is 2. The number of rotatable bonds is 4. The first-order valence-electron chi connectivity index (χ1n) is 12.5. The van der Waals surface area contributed by atoms with Gasteiger partial charge in [0.15, 0.2) is 0 Å². The molecule has 0 radical (unpaired) electrons. The molecule has 4 rings (SSSR count). The van der Waals surface area contributed by atoms with Crippen molar-refractivity contribution in [1.82, 2.24) is 9.80 Å². The Kier molecular flexibility index (Phi) is 8.46. The molecule has 0 saturated carbocycles. The quantitative estimate of drug-likeness (QED) is 0.654. The maximum atomic E-state index is 13.4. The van der Waals surface area contributed by atoms with E-state index >= 15 is 0 Å². The Bertz CT molecular complexity index is 963. The van der Waals surface area contributed by atoms with E-state index in [9.17, 15) is 4.79 Å². The van der Waals surface area contributed by atoms with Crippen molar-refractivity contribution >= 4 is 5.91 Å². The summed E-state index contributed by atoms with van der Waals surface area (Å²) in [5, 5.41) is 0. The lowest BCUT2D eigenvalue weighted by Gasteiger charge is -2.41. The van der Waals surface area contributed by atoms with Gasteiger partial charge in [0.2, 0.25) is 0 Å². The third kappa shape index (κ3) is 5.91. The van der Waals surface area contributed by atoms with Gasteiger partial charge in [-0.15, -0.1) is 0 Å². The summed E-state index contributed by atoms with van der Waals surface area (Å²) in [6.07, 6.45) is 5.15. The summed E-state index contributed by atoms with van der Waals surface area (Å²) in [7, 11) is 3.51. The topological polar surface area (TPSA) is 51.2 Å². The fourth-order valence-electron chi connectivity index (χ4n) is 5.25. The van der Waals surface area contributed by atoms with Gasteiger partial charge in [-0.05, 0) is 69.0 Å². The van der Waals surface area contributed by atoms with Crippen molar-refractivity contribution in [3.05, 3.63) is 59.2 Å². The van der Waals surface area contributed by atoms with Gasteiger partial charge in [0.1, 0.15) is 18.1 Å². The van der Waals surface area contributed by atoms with E-state index in [1.54, 1.807) is 14.2 Å². The first-order chi connectivity index (χ1) is 16.6. The molecule has 2 aliphatic rings. The largest absolute Gasteiger partial charge is 0.496 e. The van der Waals surface area contributed by atoms with E-state index in [2.05, 4.69) is 30.0 Å². The molecule has 1 fully saturated rings. The number of aryl methyl sites for hydroxylation is 1. The summed E-state index contributed by atoms with van der Waals surface area (Å²) in [5.41, 5.74) is 3.08. The van der Waals surface area contributed by atoms with E-state index in [1.165, 1.54) is 11.1 Å². The average molecular weight is 467 g/mol. The Morgan fingerprint density at radius 1 is 1.00 bits per heavy atom. The zero-order valence-electron chi connectivity index (χ0n) is 20.8. The Morgan fingerprint density at radius 2 is 1.88 bits per heavy atom. The van der Waals surface area contributed by atoms with Crippen molar-refractivity contribution < 1.29 is 19.0 Å². The summed E-state index contributed by atoms with van der Waals surface area (Å²) in [6, 6.07) is 14.1. The van der Waals surface area contributed by atoms with Gasteiger partial charge in [-0.2, -0.15) is 0 Å². The number of ether oxygens (including phenoxy) is 3. The monoisotopic (exact) mass is 466 g/mol. The summed E-state index contributed by atoms with van der Waals surface area (Å²) in [4.78, 5) is 17.9. The lowest BCUT2D eigenvalue weighted by molar-refractivity contribution is -0.0156. The summed E-state index contributed by atoms with van der Waals surface area (Å²) in [6.45, 7) is 6.05. The van der Waals surface area contributed by atoms with Crippen molar-refractivity contribution in [3.8, 4) is 11.5 Å². The van der Waals surface area contributed by atoms with E-state index in [1.807, 2.05) is 29.2 Å². The average Bonchev–Trinajstić information content (AvgIpc) is 2.86. The molecule has 0 N–H and O–H groups in total. The van der Waals surface area contributed by atoms with Crippen LogP contribution in [-0.4, -0.2) is 68.3 Å². The minimum Gasteiger partial charge on any atom is -0.496 e. The highest BCUT2D eigenvalue weighted by Crippen LogP contribution is 2.28. The molecule has 0 aromatic heterocycles. The molecule has 0 spiro atoms. The Balaban J connectivity index is 1.54. The Hall–Kier alpha value is -2.57. The molecule has 0 aliphatic carbocycles. The number of piperidine rings is 1. The molecule has 2 aromatic rings. The number of fused-ring (bicyclic) bond motifs is 3. The van der Waals surface area contributed by atoms with Crippen molar-refractivity contribution in [1.29, 1.82) is 0 Å². The minimum atomic E-state index is 0.0855. The van der Waals surface area contributed by atoms with E-state index in [-0.39, 0.29) is 18.1 Å². The summed E-state index contributed by atoms with van der Waals surface area (Å²) in [5.74, 6) is 1.77. The summed E-state index contributed by atoms with van der Waals surface area (Å²) >= 11 is 0. The molecule has 6 heteroatoms. The lowest BCUT2D eigenvalue weighted by atomic mass is 9.93. The molecular formula is C28H38N2O4. The smallest absolute Gasteiger partial charge is 0.254 e. The van der Waals surface area contributed by atoms with Gasteiger partial charge in [0.25, 0.3) is 5.91 Å². The van der Waals surface area contributed by atoms with Crippen LogP contribution >= 0.6 is 0 Å². The van der Waals surface area contributed by atoms with Crippen LogP contribution < -0.4 is 9.47 Å². The minimum absolute atomic E-state index is 0.0855. The highest BCUT2D eigenvalue weighted by atomic mass is 16.5. The molecular weight excluding hydrogens is 428 g/mol. The van der Waals surface area contributed by atoms with Crippen LogP contribution in [0.5, 0.6) is 11.5 Å². The van der Waals surface area contributed by atoms with Gasteiger partial charge in [0.05, 0.1) is 19.3 Å². The van der Waals surface area contributed by atoms with Gasteiger partial charge in [-0.3, -0.25) is 9.69 Å². The van der Waals surface area contributed by atoms with E-state index in [4.69, 9.17) is 14.2 Å². The molecule has 2 aromatic carbocycles. The van der Waals surface area contributed by atoms with Crippen LogP contribution in [0.4, 0.5) is 0 Å². The van der Waals surface area contributed by atoms with E-state index in [0.29, 0.717) is 12.2 Å². The Labute approximate surface area is 203 Å². The zero-order valence-corrected chi connectivity index (χ0v) is 20.8. The molecule has 6 nitrogen and oxygen atoms in total. The highest BCUT2D eigenvalue weighted by Gasteiger charge is 2.34. The van der Waals surface area contributed by atoms with E-state index < -0.39 is 0 Å². The van der Waals surface area contributed by atoms with Crippen molar-refractivity contribution in [3.63, 3.8) is 0 Å². The second-order valence-electron chi connectivity index (χ2n) is 9.45. The van der Waals surface area contributed by atoms with Crippen molar-refractivity contribution in [2.75, 3.05) is 40.5 Å². The molecule has 34 heavy (non-hydrogen) atoms. The van der Waals surface area contributed by atoms with Crippen LogP contribution in [0.25, 0.3) is 0 Å². The zero-order chi connectivity index (χ0) is 23.9. The summed E-state index contributed by atoms with van der Waals surface area (Å²) < 4.78 is 17.6. The first kappa shape index (κ1) is 24.6. The number of nitrogens with zero attached hydrogens (tertiary/aromatic N) is 2. The number of carbonyl (C=O) groups excluding carboxylic acids is 1. The van der Waals surface area contributed by atoms with Gasteiger partial charge >= 0.3 is 0 Å². The van der Waals surface area contributed by atoms with Crippen molar-refractivity contribution in [2.24, 2.45) is 0 Å². The molecule has 184 valence electrons. The van der Waals surface area contributed by atoms with Gasteiger partial charge in [-0.1, -0.05) is 24.6 Å². The number of benzene rings is 2. The number of hydrogen-bond donors (Lipinski definition) is 0. The van der Waals surface area contributed by atoms with Crippen LogP contribution in [0.15, 0.2) is 42.5 Å². The predicted molar refractivity (Wildman–Crippen MR) is 134 cm³/mol. The van der Waals surface area contributed by atoms with E-state index in [0.717, 1.165) is 69.8 Å².